The summed E-state index contributed by atoms with van der Waals surface area (Å²) in [6, 6.07) is 0. The van der Waals surface area contributed by atoms with Crippen LogP contribution in [0.5, 0.6) is 0 Å². The quantitative estimate of drug-likeness (QED) is 0.0417. The van der Waals surface area contributed by atoms with Crippen molar-refractivity contribution in [2.45, 2.75) is 164 Å². The number of carbonyl (C=O) groups is 1. The van der Waals surface area contributed by atoms with Crippen LogP contribution in [-0.4, -0.2) is 116 Å². The van der Waals surface area contributed by atoms with E-state index in [9.17, 15) is 40.5 Å². The van der Waals surface area contributed by atoms with E-state index >= 15 is 0 Å². The van der Waals surface area contributed by atoms with Gasteiger partial charge in [0.2, 0.25) is 5.79 Å². The first kappa shape index (κ1) is 41.1. The minimum atomic E-state index is -2.24. The molecule has 2 saturated heterocycles. The van der Waals surface area contributed by atoms with Gasteiger partial charge in [-0.3, -0.25) is 4.79 Å². The summed E-state index contributed by atoms with van der Waals surface area (Å²) >= 11 is 0. The van der Waals surface area contributed by atoms with Crippen LogP contribution in [0.4, 0.5) is 0 Å². The van der Waals surface area contributed by atoms with Crippen LogP contribution in [0.1, 0.15) is 111 Å². The number of hydrogen-bond donors (Lipinski definition) is 7. The van der Waals surface area contributed by atoms with Gasteiger partial charge >= 0.3 is 35.5 Å². The van der Waals surface area contributed by atoms with Crippen molar-refractivity contribution in [1.29, 1.82) is 0 Å². The number of carbonyl (C=O) groups excluding carboxylic acids is 1. The van der Waals surface area contributed by atoms with Crippen LogP contribution in [0, 0.1) is 0 Å². The molecule has 0 unspecified atom stereocenters. The van der Waals surface area contributed by atoms with E-state index in [2.05, 4.69) is 6.92 Å². The molecule has 2 rings (SSSR count). The third-order valence-electron chi connectivity index (χ3n) is 8.28. The Morgan fingerprint density at radius 1 is 0.698 bits per heavy atom. The fraction of sp³-hybridized carbons (Fsp3) is 0.967. The molecular formula is C30H57NaO12. The molecule has 0 aromatic rings. The predicted octanol–water partition coefficient (Wildman–Crippen LogP) is -1.47. The number of rotatable bonds is 22. The maximum atomic E-state index is 12.7. The van der Waals surface area contributed by atoms with Gasteiger partial charge in [0.05, 0.1) is 13.2 Å². The fourth-order valence-corrected chi connectivity index (χ4v) is 5.61. The number of aliphatic hydroxyl groups excluding tert-OH is 7. The standard InChI is InChI=1S/C30H56O12.Na.H/c1-2-3-4-5-6-7-8-9-10-11-12-13-14-15-16-17-23(34)40-28-25(36)22(19-32)41-30(28,20-33)42-29-27(38)26(37)24(35)21(18-31)39-29;;/h21-22,24-29,31-33,35-38H,2-20H2,1H3;;/q;+1;-1/t21-,22-,24-,25-,26+,27-,28+,29-,30+;;/m1../s1. The molecule has 0 bridgehead atoms. The second kappa shape index (κ2) is 22.6. The van der Waals surface area contributed by atoms with Crippen LogP contribution >= 0.6 is 0 Å². The van der Waals surface area contributed by atoms with Crippen LogP contribution in [0.15, 0.2) is 0 Å². The van der Waals surface area contributed by atoms with E-state index in [1.807, 2.05) is 0 Å². The predicted molar refractivity (Wildman–Crippen MR) is 153 cm³/mol. The summed E-state index contributed by atoms with van der Waals surface area (Å²) in [6.07, 6.45) is 5.18. The second-order valence-electron chi connectivity index (χ2n) is 11.7. The first-order valence-electron chi connectivity index (χ1n) is 16.0. The van der Waals surface area contributed by atoms with Gasteiger partial charge in [-0.05, 0) is 6.42 Å². The van der Waals surface area contributed by atoms with Crippen LogP contribution in [0.2, 0.25) is 0 Å². The Morgan fingerprint density at radius 3 is 1.65 bits per heavy atom. The van der Waals surface area contributed by atoms with Gasteiger partial charge in [-0.25, -0.2) is 0 Å². The molecule has 9 atom stereocenters. The molecule has 0 spiro atoms. The van der Waals surface area contributed by atoms with Crippen LogP contribution in [0.25, 0.3) is 0 Å². The van der Waals surface area contributed by atoms with E-state index in [1.165, 1.54) is 70.6 Å². The summed E-state index contributed by atoms with van der Waals surface area (Å²) in [6.45, 7) is -0.127. The molecule has 250 valence electrons. The molecule has 0 saturated carbocycles. The molecular weight excluding hydrogens is 575 g/mol. The normalized spacial score (nSPS) is 32.5. The number of aliphatic hydroxyl groups is 7. The minimum absolute atomic E-state index is 0. The van der Waals surface area contributed by atoms with Crippen molar-refractivity contribution in [2.75, 3.05) is 19.8 Å². The summed E-state index contributed by atoms with van der Waals surface area (Å²) in [4.78, 5) is 12.7. The molecule has 2 aliphatic heterocycles. The summed E-state index contributed by atoms with van der Waals surface area (Å²) in [5.74, 6) is -2.91. The Kier molecular flexibility index (Phi) is 21.6. The van der Waals surface area contributed by atoms with Gasteiger partial charge in [0.15, 0.2) is 12.4 Å². The van der Waals surface area contributed by atoms with Crippen LogP contribution in [-0.2, 0) is 23.7 Å². The van der Waals surface area contributed by atoms with Gasteiger partial charge in [0, 0.05) is 6.42 Å². The zero-order valence-electron chi connectivity index (χ0n) is 27.2. The van der Waals surface area contributed by atoms with E-state index in [1.54, 1.807) is 0 Å². The minimum Gasteiger partial charge on any atom is -1.00 e. The summed E-state index contributed by atoms with van der Waals surface area (Å²) < 4.78 is 21.9. The van der Waals surface area contributed by atoms with Gasteiger partial charge in [0.1, 0.15) is 43.2 Å². The molecule has 0 aromatic carbocycles. The molecule has 43 heavy (non-hydrogen) atoms. The third-order valence-corrected chi connectivity index (χ3v) is 8.28. The average Bonchev–Trinajstić information content (AvgIpc) is 3.25. The van der Waals surface area contributed by atoms with Gasteiger partial charge in [-0.15, -0.1) is 0 Å². The molecule has 7 N–H and O–H groups in total. The molecule has 12 nitrogen and oxygen atoms in total. The molecule has 2 aliphatic rings. The maximum absolute atomic E-state index is 12.7. The molecule has 0 amide bonds. The number of esters is 1. The van der Waals surface area contributed by atoms with E-state index in [-0.39, 0.29) is 37.4 Å². The number of hydrogen-bond acceptors (Lipinski definition) is 12. The van der Waals surface area contributed by atoms with Crippen molar-refractivity contribution in [2.24, 2.45) is 0 Å². The van der Waals surface area contributed by atoms with Crippen LogP contribution in [0.3, 0.4) is 0 Å². The molecule has 0 radical (unpaired) electrons. The van der Waals surface area contributed by atoms with E-state index < -0.39 is 80.6 Å². The Morgan fingerprint density at radius 2 is 1.19 bits per heavy atom. The number of ether oxygens (including phenoxy) is 4. The third kappa shape index (κ3) is 13.0. The molecule has 2 fully saturated rings. The second-order valence-corrected chi connectivity index (χ2v) is 11.7. The average molecular weight is 633 g/mol. The van der Waals surface area contributed by atoms with Crippen molar-refractivity contribution < 1.29 is 90.5 Å². The van der Waals surface area contributed by atoms with Crippen molar-refractivity contribution in [3.8, 4) is 0 Å². The number of unbranched alkanes of at least 4 members (excludes halogenated alkanes) is 14. The van der Waals surface area contributed by atoms with E-state index in [0.29, 0.717) is 6.42 Å². The van der Waals surface area contributed by atoms with Gasteiger partial charge in [0.25, 0.3) is 0 Å². The van der Waals surface area contributed by atoms with Crippen molar-refractivity contribution in [3.05, 3.63) is 0 Å². The Bertz CT molecular complexity index is 738. The zero-order valence-corrected chi connectivity index (χ0v) is 28.2. The SMILES string of the molecule is CCCCCCCCCCCCCCCCCC(=O)O[C@H]1[C@H](O)[C@@H](CO)O[C@@]1(CO)O[C@H]1O[C@H](CO)[C@@H](O)[C@H](O)[C@H]1O.[H-].[Na+]. The fourth-order valence-electron chi connectivity index (χ4n) is 5.61. The van der Waals surface area contributed by atoms with Gasteiger partial charge in [-0.1, -0.05) is 96.8 Å². The van der Waals surface area contributed by atoms with Crippen molar-refractivity contribution >= 4 is 5.97 Å². The van der Waals surface area contributed by atoms with Crippen molar-refractivity contribution in [1.82, 2.24) is 0 Å². The summed E-state index contributed by atoms with van der Waals surface area (Å²) in [5.41, 5.74) is 0. The summed E-state index contributed by atoms with van der Waals surface area (Å²) in [5, 5.41) is 70.3. The Balaban J connectivity index is 0.00000924. The topological polar surface area (TPSA) is 196 Å². The molecule has 2 heterocycles. The first-order chi connectivity index (χ1) is 20.2. The zero-order chi connectivity index (χ0) is 31.0. The van der Waals surface area contributed by atoms with Crippen molar-refractivity contribution in [3.63, 3.8) is 0 Å². The largest absolute Gasteiger partial charge is 1.00 e. The molecule has 0 aliphatic carbocycles. The first-order valence-corrected chi connectivity index (χ1v) is 16.0. The summed E-state index contributed by atoms with van der Waals surface area (Å²) in [7, 11) is 0. The van der Waals surface area contributed by atoms with Gasteiger partial charge in [-0.2, -0.15) is 0 Å². The smallest absolute Gasteiger partial charge is 1.00 e. The van der Waals surface area contributed by atoms with E-state index in [0.717, 1.165) is 19.3 Å². The Labute approximate surface area is 279 Å². The maximum Gasteiger partial charge on any atom is 1.00 e. The van der Waals surface area contributed by atoms with E-state index in [4.69, 9.17) is 18.9 Å². The van der Waals surface area contributed by atoms with Crippen LogP contribution < -0.4 is 29.6 Å². The Hall–Kier alpha value is 0.0700. The monoisotopic (exact) mass is 632 g/mol. The molecule has 13 heteroatoms. The van der Waals surface area contributed by atoms with Gasteiger partial charge < -0.3 is 56.1 Å². The molecule has 0 aromatic heterocycles.